The first-order valence-corrected chi connectivity index (χ1v) is 10.0. The van der Waals surface area contributed by atoms with Crippen LogP contribution in [0.1, 0.15) is 39.0 Å². The molecular weight excluding hydrogens is 344 g/mol. The zero-order chi connectivity index (χ0) is 14.6. The average molecular weight is 369 g/mol. The van der Waals surface area contributed by atoms with Gasteiger partial charge in [-0.2, -0.15) is 17.0 Å². The molecule has 0 aromatic rings. The lowest BCUT2D eigenvalue weighted by molar-refractivity contribution is 0.0295. The maximum absolute atomic E-state index is 12.7. The van der Waals surface area contributed by atoms with Gasteiger partial charge in [-0.1, -0.05) is 22.4 Å². The first kappa shape index (κ1) is 16.7. The van der Waals surface area contributed by atoms with E-state index in [9.17, 15) is 8.42 Å². The van der Waals surface area contributed by atoms with Crippen LogP contribution in [0.15, 0.2) is 0 Å². The summed E-state index contributed by atoms with van der Waals surface area (Å²) in [5, 5.41) is 0.830. The van der Waals surface area contributed by atoms with Crippen LogP contribution in [0.3, 0.4) is 0 Å². The molecule has 0 saturated carbocycles. The number of alkyl halides is 1. The Kier molecular flexibility index (Phi) is 6.28. The van der Waals surface area contributed by atoms with Gasteiger partial charge < -0.3 is 4.74 Å². The van der Waals surface area contributed by atoms with Gasteiger partial charge in [-0.25, -0.2) is 0 Å². The van der Waals surface area contributed by atoms with Gasteiger partial charge in [-0.3, -0.25) is 0 Å². The predicted octanol–water partition coefficient (Wildman–Crippen LogP) is 1.98. The molecule has 0 N–H and O–H groups in total. The molecule has 2 saturated heterocycles. The second-order valence-corrected chi connectivity index (χ2v) is 8.30. The lowest BCUT2D eigenvalue weighted by atomic mass is 10.1. The normalized spacial score (nSPS) is 27.8. The Hall–Kier alpha value is 0.310. The molecule has 118 valence electrons. The monoisotopic (exact) mass is 368 g/mol. The highest BCUT2D eigenvalue weighted by Crippen LogP contribution is 2.25. The van der Waals surface area contributed by atoms with Crippen LogP contribution in [0.2, 0.25) is 0 Å². The molecule has 0 amide bonds. The van der Waals surface area contributed by atoms with E-state index in [0.717, 1.165) is 37.4 Å². The van der Waals surface area contributed by atoms with Crippen LogP contribution < -0.4 is 0 Å². The van der Waals surface area contributed by atoms with Gasteiger partial charge in [0, 0.05) is 31.0 Å². The van der Waals surface area contributed by atoms with Gasteiger partial charge in [0.15, 0.2) is 0 Å². The number of ether oxygens (including phenoxy) is 1. The lowest BCUT2D eigenvalue weighted by Crippen LogP contribution is -2.52. The van der Waals surface area contributed by atoms with Crippen LogP contribution in [-0.2, 0) is 14.9 Å². The molecule has 2 heterocycles. The van der Waals surface area contributed by atoms with E-state index in [1.807, 2.05) is 6.92 Å². The van der Waals surface area contributed by atoms with Gasteiger partial charge in [-0.15, -0.1) is 0 Å². The molecule has 0 radical (unpaired) electrons. The van der Waals surface area contributed by atoms with Crippen molar-refractivity contribution in [2.75, 3.05) is 31.6 Å². The minimum absolute atomic E-state index is 0.135. The molecule has 5 nitrogen and oxygen atoms in total. The third kappa shape index (κ3) is 3.94. The van der Waals surface area contributed by atoms with E-state index in [0.29, 0.717) is 26.2 Å². The molecule has 2 fully saturated rings. The van der Waals surface area contributed by atoms with Crippen molar-refractivity contribution in [3.8, 4) is 0 Å². The Balaban J connectivity index is 1.91. The molecule has 2 aliphatic heterocycles. The predicted molar refractivity (Wildman–Crippen MR) is 83.3 cm³/mol. The fraction of sp³-hybridized carbons (Fsp3) is 1.00. The minimum Gasteiger partial charge on any atom is -0.377 e. The van der Waals surface area contributed by atoms with Crippen LogP contribution in [0.5, 0.6) is 0 Å². The fourth-order valence-corrected chi connectivity index (χ4v) is 5.08. The first-order chi connectivity index (χ1) is 9.55. The van der Waals surface area contributed by atoms with Crippen LogP contribution in [0.4, 0.5) is 0 Å². The number of rotatable bonds is 5. The molecule has 1 atom stereocenters. The van der Waals surface area contributed by atoms with E-state index >= 15 is 0 Å². The van der Waals surface area contributed by atoms with Gasteiger partial charge >= 0.3 is 0 Å². The molecule has 2 aliphatic rings. The fourth-order valence-electron chi connectivity index (χ4n) is 3.00. The van der Waals surface area contributed by atoms with Crippen LogP contribution in [-0.4, -0.2) is 60.7 Å². The zero-order valence-electron chi connectivity index (χ0n) is 12.1. The van der Waals surface area contributed by atoms with E-state index < -0.39 is 10.2 Å². The van der Waals surface area contributed by atoms with Crippen molar-refractivity contribution < 1.29 is 13.2 Å². The van der Waals surface area contributed by atoms with E-state index in [4.69, 9.17) is 4.74 Å². The molecule has 0 bridgehead atoms. The van der Waals surface area contributed by atoms with Crippen LogP contribution in [0, 0.1) is 0 Å². The Bertz CT molecular complexity index is 396. The Morgan fingerprint density at radius 3 is 2.45 bits per heavy atom. The number of hydrogen-bond acceptors (Lipinski definition) is 3. The van der Waals surface area contributed by atoms with Gasteiger partial charge in [0.1, 0.15) is 0 Å². The van der Waals surface area contributed by atoms with E-state index in [1.165, 1.54) is 0 Å². The summed E-state index contributed by atoms with van der Waals surface area (Å²) < 4.78 is 34.4. The SMILES string of the molecule is CC1CCCCN1S(=O)(=O)N1CCC(OCCBr)CC1. The average Bonchev–Trinajstić information content (AvgIpc) is 2.46. The van der Waals surface area contributed by atoms with Gasteiger partial charge in [-0.05, 0) is 32.6 Å². The van der Waals surface area contributed by atoms with Crippen molar-refractivity contribution in [1.29, 1.82) is 0 Å². The second kappa shape index (κ2) is 7.54. The molecule has 1 unspecified atom stereocenters. The molecule has 0 spiro atoms. The number of nitrogens with zero attached hydrogens (tertiary/aromatic N) is 2. The Morgan fingerprint density at radius 2 is 1.85 bits per heavy atom. The standard InChI is InChI=1S/C13H25BrN2O3S/c1-12-4-2-3-8-16(12)20(17,18)15-9-5-13(6-10-15)19-11-7-14/h12-13H,2-11H2,1H3. The lowest BCUT2D eigenvalue weighted by Gasteiger charge is -2.38. The quantitative estimate of drug-likeness (QED) is 0.697. The summed E-state index contributed by atoms with van der Waals surface area (Å²) in [4.78, 5) is 0. The van der Waals surface area contributed by atoms with Crippen molar-refractivity contribution in [2.24, 2.45) is 0 Å². The van der Waals surface area contributed by atoms with Crippen molar-refractivity contribution >= 4 is 26.1 Å². The second-order valence-electron chi connectivity index (χ2n) is 5.62. The van der Waals surface area contributed by atoms with E-state index in [-0.39, 0.29) is 12.1 Å². The summed E-state index contributed by atoms with van der Waals surface area (Å²) in [5.74, 6) is 0. The van der Waals surface area contributed by atoms with Crippen molar-refractivity contribution in [3.63, 3.8) is 0 Å². The van der Waals surface area contributed by atoms with Crippen molar-refractivity contribution in [2.45, 2.75) is 51.2 Å². The number of hydrogen-bond donors (Lipinski definition) is 0. The summed E-state index contributed by atoms with van der Waals surface area (Å²) >= 11 is 3.34. The summed E-state index contributed by atoms with van der Waals surface area (Å²) in [6.45, 7) is 4.55. The number of halogens is 1. The van der Waals surface area contributed by atoms with Gasteiger partial charge in [0.2, 0.25) is 0 Å². The highest BCUT2D eigenvalue weighted by molar-refractivity contribution is 9.09. The molecule has 7 heteroatoms. The maximum Gasteiger partial charge on any atom is 0.282 e. The summed E-state index contributed by atoms with van der Waals surface area (Å²) in [6.07, 6.45) is 4.90. The molecule has 20 heavy (non-hydrogen) atoms. The minimum atomic E-state index is -3.28. The Labute approximate surface area is 131 Å². The van der Waals surface area contributed by atoms with Crippen molar-refractivity contribution in [1.82, 2.24) is 8.61 Å². The van der Waals surface area contributed by atoms with Gasteiger partial charge in [0.05, 0.1) is 12.7 Å². The summed E-state index contributed by atoms with van der Waals surface area (Å²) in [7, 11) is -3.28. The Morgan fingerprint density at radius 1 is 1.15 bits per heavy atom. The third-order valence-electron chi connectivity index (χ3n) is 4.20. The zero-order valence-corrected chi connectivity index (χ0v) is 14.5. The summed E-state index contributed by atoms with van der Waals surface area (Å²) in [6, 6.07) is 0.135. The number of piperidine rings is 2. The van der Waals surface area contributed by atoms with Gasteiger partial charge in [0.25, 0.3) is 10.2 Å². The van der Waals surface area contributed by atoms with E-state index in [1.54, 1.807) is 8.61 Å². The highest BCUT2D eigenvalue weighted by atomic mass is 79.9. The third-order valence-corrected chi connectivity index (χ3v) is 6.67. The van der Waals surface area contributed by atoms with Crippen LogP contribution in [0.25, 0.3) is 0 Å². The van der Waals surface area contributed by atoms with Crippen molar-refractivity contribution in [3.05, 3.63) is 0 Å². The molecule has 0 aromatic heterocycles. The summed E-state index contributed by atoms with van der Waals surface area (Å²) in [5.41, 5.74) is 0. The highest BCUT2D eigenvalue weighted by Gasteiger charge is 2.36. The first-order valence-electron chi connectivity index (χ1n) is 7.50. The molecule has 2 rings (SSSR count). The molecular formula is C13H25BrN2O3S. The largest absolute Gasteiger partial charge is 0.377 e. The molecule has 0 aromatic carbocycles. The smallest absolute Gasteiger partial charge is 0.282 e. The maximum atomic E-state index is 12.7. The van der Waals surface area contributed by atoms with E-state index in [2.05, 4.69) is 15.9 Å². The van der Waals surface area contributed by atoms with Crippen LogP contribution >= 0.6 is 15.9 Å². The topological polar surface area (TPSA) is 49.9 Å². The molecule has 0 aliphatic carbocycles.